The van der Waals surface area contributed by atoms with Gasteiger partial charge in [-0.2, -0.15) is 5.10 Å². The maximum Gasteiger partial charge on any atom is 0.0719 e. The van der Waals surface area contributed by atoms with Gasteiger partial charge in [-0.15, -0.1) is 0 Å². The Morgan fingerprint density at radius 1 is 1.53 bits per heavy atom. The minimum Gasteiger partial charge on any atom is -0.391 e. The largest absolute Gasteiger partial charge is 0.391 e. The monoisotopic (exact) mass is 211 g/mol. The van der Waals surface area contributed by atoms with Crippen molar-refractivity contribution in [2.75, 3.05) is 13.1 Å². The second kappa shape index (κ2) is 5.88. The van der Waals surface area contributed by atoms with Gasteiger partial charge < -0.3 is 10.4 Å². The Morgan fingerprint density at radius 2 is 2.27 bits per heavy atom. The molecule has 0 amide bonds. The van der Waals surface area contributed by atoms with E-state index in [0.717, 1.165) is 24.4 Å². The maximum atomic E-state index is 9.74. The first kappa shape index (κ1) is 12.2. The molecule has 0 aromatic carbocycles. The lowest BCUT2D eigenvalue weighted by Gasteiger charge is -2.10. The molecule has 1 aromatic heterocycles. The molecule has 15 heavy (non-hydrogen) atoms. The Kier molecular flexibility index (Phi) is 4.78. The quantitative estimate of drug-likeness (QED) is 0.720. The van der Waals surface area contributed by atoms with Crippen LogP contribution in [0.5, 0.6) is 0 Å². The molecule has 1 heterocycles. The number of hydrogen-bond donors (Lipinski definition) is 2. The van der Waals surface area contributed by atoms with Crippen LogP contribution < -0.4 is 5.32 Å². The number of nitrogens with one attached hydrogen (secondary N) is 1. The predicted molar refractivity (Wildman–Crippen MR) is 60.8 cm³/mol. The third kappa shape index (κ3) is 3.64. The summed E-state index contributed by atoms with van der Waals surface area (Å²) in [7, 11) is 1.93. The summed E-state index contributed by atoms with van der Waals surface area (Å²) in [6.45, 7) is 5.65. The minimum absolute atomic E-state index is 0.329. The zero-order valence-electron chi connectivity index (χ0n) is 9.82. The van der Waals surface area contributed by atoms with Crippen molar-refractivity contribution in [2.24, 2.45) is 7.05 Å². The van der Waals surface area contributed by atoms with Crippen LogP contribution in [-0.2, 0) is 19.9 Å². The van der Waals surface area contributed by atoms with Gasteiger partial charge in [-0.1, -0.05) is 13.8 Å². The van der Waals surface area contributed by atoms with Crippen LogP contribution in [0.2, 0.25) is 0 Å². The molecule has 0 bridgehead atoms. The van der Waals surface area contributed by atoms with Gasteiger partial charge in [0.1, 0.15) is 0 Å². The Bertz CT molecular complexity index is 296. The van der Waals surface area contributed by atoms with Crippen LogP contribution in [0, 0.1) is 0 Å². The van der Waals surface area contributed by atoms with Crippen LogP contribution in [0.1, 0.15) is 25.2 Å². The fraction of sp³-hybridized carbons (Fsp3) is 0.727. The second-order valence-electron chi connectivity index (χ2n) is 3.77. The van der Waals surface area contributed by atoms with Crippen molar-refractivity contribution in [1.29, 1.82) is 0 Å². The van der Waals surface area contributed by atoms with Gasteiger partial charge in [-0.05, 0) is 19.0 Å². The van der Waals surface area contributed by atoms with E-state index in [0.29, 0.717) is 13.0 Å². The molecule has 0 saturated carbocycles. The van der Waals surface area contributed by atoms with Gasteiger partial charge in [-0.3, -0.25) is 4.68 Å². The van der Waals surface area contributed by atoms with Gasteiger partial charge in [0, 0.05) is 25.7 Å². The number of aliphatic hydroxyl groups is 1. The van der Waals surface area contributed by atoms with Gasteiger partial charge in [-0.25, -0.2) is 0 Å². The highest BCUT2D eigenvalue weighted by Gasteiger charge is 2.09. The van der Waals surface area contributed by atoms with Gasteiger partial charge in [0.15, 0.2) is 0 Å². The molecule has 86 valence electrons. The summed E-state index contributed by atoms with van der Waals surface area (Å²) in [5, 5.41) is 17.2. The molecular formula is C11H21N3O. The average molecular weight is 211 g/mol. The van der Waals surface area contributed by atoms with Crippen LogP contribution in [0.4, 0.5) is 0 Å². The standard InChI is InChI=1S/C11H21N3O/c1-4-9-6-10(14(3)13-9)7-11(15)8-12-5-2/h6,11-12,15H,4-5,7-8H2,1-3H3. The van der Waals surface area contributed by atoms with Crippen molar-refractivity contribution >= 4 is 0 Å². The summed E-state index contributed by atoms with van der Waals surface area (Å²) in [5.74, 6) is 0. The molecule has 0 spiro atoms. The van der Waals surface area contributed by atoms with Crippen molar-refractivity contribution in [2.45, 2.75) is 32.8 Å². The Labute approximate surface area is 91.3 Å². The van der Waals surface area contributed by atoms with Crippen LogP contribution in [-0.4, -0.2) is 34.1 Å². The van der Waals surface area contributed by atoms with Crippen molar-refractivity contribution in [3.05, 3.63) is 17.5 Å². The summed E-state index contributed by atoms with van der Waals surface area (Å²) < 4.78 is 1.86. The molecule has 2 N–H and O–H groups in total. The number of aromatic nitrogens is 2. The van der Waals surface area contributed by atoms with E-state index >= 15 is 0 Å². The molecule has 1 unspecified atom stereocenters. The van der Waals surface area contributed by atoms with Crippen LogP contribution in [0.25, 0.3) is 0 Å². The third-order valence-electron chi connectivity index (χ3n) is 2.46. The van der Waals surface area contributed by atoms with E-state index in [9.17, 15) is 5.11 Å². The van der Waals surface area contributed by atoms with Crippen molar-refractivity contribution in [1.82, 2.24) is 15.1 Å². The highest BCUT2D eigenvalue weighted by molar-refractivity contribution is 5.11. The van der Waals surface area contributed by atoms with E-state index in [4.69, 9.17) is 0 Å². The number of hydrogen-bond acceptors (Lipinski definition) is 3. The van der Waals surface area contributed by atoms with Gasteiger partial charge >= 0.3 is 0 Å². The number of likely N-dealkylation sites (N-methyl/N-ethyl adjacent to an activating group) is 1. The fourth-order valence-corrected chi connectivity index (χ4v) is 1.56. The fourth-order valence-electron chi connectivity index (χ4n) is 1.56. The second-order valence-corrected chi connectivity index (χ2v) is 3.77. The number of aliphatic hydroxyl groups excluding tert-OH is 1. The molecule has 0 saturated heterocycles. The summed E-state index contributed by atoms with van der Waals surface area (Å²) >= 11 is 0. The summed E-state index contributed by atoms with van der Waals surface area (Å²) in [5.41, 5.74) is 2.18. The molecule has 1 atom stereocenters. The van der Waals surface area contributed by atoms with Crippen molar-refractivity contribution in [3.8, 4) is 0 Å². The van der Waals surface area contributed by atoms with Gasteiger partial charge in [0.25, 0.3) is 0 Å². The van der Waals surface area contributed by atoms with E-state index in [1.54, 1.807) is 0 Å². The Balaban J connectivity index is 2.51. The summed E-state index contributed by atoms with van der Waals surface area (Å²) in [6, 6.07) is 2.06. The first-order chi connectivity index (χ1) is 7.17. The SMILES string of the molecule is CCNCC(O)Cc1cc(CC)nn1C. The molecule has 1 aromatic rings. The van der Waals surface area contributed by atoms with Crippen LogP contribution >= 0.6 is 0 Å². The van der Waals surface area contributed by atoms with E-state index in [-0.39, 0.29) is 6.10 Å². The Hall–Kier alpha value is -0.870. The molecule has 0 aliphatic heterocycles. The smallest absolute Gasteiger partial charge is 0.0719 e. The first-order valence-electron chi connectivity index (χ1n) is 5.57. The van der Waals surface area contributed by atoms with Crippen molar-refractivity contribution < 1.29 is 5.11 Å². The van der Waals surface area contributed by atoms with E-state index in [1.807, 2.05) is 18.7 Å². The Morgan fingerprint density at radius 3 is 2.80 bits per heavy atom. The molecule has 4 heteroatoms. The average Bonchev–Trinajstić information content (AvgIpc) is 2.57. The summed E-state index contributed by atoms with van der Waals surface area (Å²) in [4.78, 5) is 0. The number of aryl methyl sites for hydroxylation is 2. The molecular weight excluding hydrogens is 190 g/mol. The van der Waals surface area contributed by atoms with Crippen molar-refractivity contribution in [3.63, 3.8) is 0 Å². The summed E-state index contributed by atoms with van der Waals surface area (Å²) in [6.07, 6.45) is 1.28. The molecule has 0 radical (unpaired) electrons. The third-order valence-corrected chi connectivity index (χ3v) is 2.46. The lowest BCUT2D eigenvalue weighted by atomic mass is 10.2. The molecule has 0 aliphatic rings. The lowest BCUT2D eigenvalue weighted by Crippen LogP contribution is -2.28. The molecule has 4 nitrogen and oxygen atoms in total. The van der Waals surface area contributed by atoms with E-state index in [2.05, 4.69) is 23.4 Å². The number of rotatable bonds is 6. The maximum absolute atomic E-state index is 9.74. The molecule has 1 rings (SSSR count). The van der Waals surface area contributed by atoms with Gasteiger partial charge in [0.05, 0.1) is 11.8 Å². The highest BCUT2D eigenvalue weighted by Crippen LogP contribution is 2.06. The highest BCUT2D eigenvalue weighted by atomic mass is 16.3. The zero-order valence-corrected chi connectivity index (χ0v) is 9.82. The van der Waals surface area contributed by atoms with E-state index in [1.165, 1.54) is 0 Å². The molecule has 0 aliphatic carbocycles. The minimum atomic E-state index is -0.329. The number of nitrogens with zero attached hydrogens (tertiary/aromatic N) is 2. The van der Waals surface area contributed by atoms with E-state index < -0.39 is 0 Å². The lowest BCUT2D eigenvalue weighted by molar-refractivity contribution is 0.170. The van der Waals surface area contributed by atoms with Crippen LogP contribution in [0.15, 0.2) is 6.07 Å². The molecule has 0 fully saturated rings. The normalized spacial score (nSPS) is 13.1. The zero-order chi connectivity index (χ0) is 11.3. The first-order valence-corrected chi connectivity index (χ1v) is 5.57. The topological polar surface area (TPSA) is 50.1 Å². The van der Waals surface area contributed by atoms with Crippen LogP contribution in [0.3, 0.4) is 0 Å². The van der Waals surface area contributed by atoms with Gasteiger partial charge in [0.2, 0.25) is 0 Å². The predicted octanol–water partition coefficient (Wildman–Crippen LogP) is 0.495.